The molecule has 1 aliphatic rings. The highest BCUT2D eigenvalue weighted by atomic mass is 79.9. The van der Waals surface area contributed by atoms with E-state index in [-0.39, 0.29) is 11.7 Å². The Hall–Kier alpha value is -1.03. The van der Waals surface area contributed by atoms with E-state index < -0.39 is 0 Å². The van der Waals surface area contributed by atoms with Crippen LogP contribution in [0.2, 0.25) is 0 Å². The van der Waals surface area contributed by atoms with Gasteiger partial charge in [0.25, 0.3) is 5.91 Å². The molecule has 3 nitrogen and oxygen atoms in total. The van der Waals surface area contributed by atoms with Gasteiger partial charge in [-0.05, 0) is 43.4 Å². The second-order valence-corrected chi connectivity index (χ2v) is 5.54. The van der Waals surface area contributed by atoms with Gasteiger partial charge in [-0.1, -0.05) is 22.0 Å². The zero-order valence-electron chi connectivity index (χ0n) is 10.5. The number of phenols is 1. The minimum atomic E-state index is 0.0262. The van der Waals surface area contributed by atoms with Gasteiger partial charge in [0.05, 0.1) is 0 Å². The van der Waals surface area contributed by atoms with Gasteiger partial charge < -0.3 is 10.0 Å². The van der Waals surface area contributed by atoms with Gasteiger partial charge in [-0.3, -0.25) is 4.79 Å². The first-order valence-electron chi connectivity index (χ1n) is 6.26. The van der Waals surface area contributed by atoms with E-state index >= 15 is 0 Å². The molecule has 0 aromatic heterocycles. The van der Waals surface area contributed by atoms with Gasteiger partial charge in [-0.25, -0.2) is 0 Å². The van der Waals surface area contributed by atoms with Gasteiger partial charge >= 0.3 is 0 Å². The number of piperidine rings is 1. The molecule has 18 heavy (non-hydrogen) atoms. The third-order valence-corrected chi connectivity index (χ3v) is 4.49. The Morgan fingerprint density at radius 2 is 2.11 bits per heavy atom. The lowest BCUT2D eigenvalue weighted by Crippen LogP contribution is -2.38. The first-order chi connectivity index (χ1) is 8.61. The zero-order chi connectivity index (χ0) is 13.1. The van der Waals surface area contributed by atoms with Gasteiger partial charge in [-0.15, -0.1) is 0 Å². The lowest BCUT2D eigenvalue weighted by Gasteiger charge is -2.31. The van der Waals surface area contributed by atoms with E-state index in [4.69, 9.17) is 0 Å². The number of hydrogen-bond donors (Lipinski definition) is 1. The van der Waals surface area contributed by atoms with E-state index in [1.54, 1.807) is 18.2 Å². The summed E-state index contributed by atoms with van der Waals surface area (Å²) < 4.78 is 0. The van der Waals surface area contributed by atoms with Gasteiger partial charge in [-0.2, -0.15) is 0 Å². The third-order valence-electron chi connectivity index (χ3n) is 3.58. The van der Waals surface area contributed by atoms with Crippen molar-refractivity contribution in [1.82, 2.24) is 4.90 Å². The number of nitrogens with zero attached hydrogens (tertiary/aromatic N) is 1. The van der Waals surface area contributed by atoms with Gasteiger partial charge in [0.2, 0.25) is 0 Å². The van der Waals surface area contributed by atoms with E-state index in [9.17, 15) is 9.90 Å². The number of carbonyl (C=O) groups is 1. The molecule has 1 aromatic carbocycles. The Balaban J connectivity index is 2.05. The second kappa shape index (κ2) is 5.74. The maximum atomic E-state index is 12.3. The molecule has 98 valence electrons. The molecule has 1 aliphatic heterocycles. The number of benzene rings is 1. The lowest BCUT2D eigenvalue weighted by molar-refractivity contribution is 0.0698. The summed E-state index contributed by atoms with van der Waals surface area (Å²) in [6.45, 7) is 3.44. The van der Waals surface area contributed by atoms with Crippen LogP contribution in [0.4, 0.5) is 0 Å². The van der Waals surface area contributed by atoms with Gasteiger partial charge in [0, 0.05) is 24.0 Å². The molecule has 2 rings (SSSR count). The number of amides is 1. The van der Waals surface area contributed by atoms with Crippen molar-refractivity contribution in [3.8, 4) is 5.75 Å². The van der Waals surface area contributed by atoms with Crippen molar-refractivity contribution in [3.05, 3.63) is 29.3 Å². The van der Waals surface area contributed by atoms with Crippen LogP contribution in [0.15, 0.2) is 18.2 Å². The summed E-state index contributed by atoms with van der Waals surface area (Å²) in [7, 11) is 0. The predicted octanol–water partition coefficient (Wildman–Crippen LogP) is 2.95. The first-order valence-corrected chi connectivity index (χ1v) is 7.39. The fourth-order valence-electron chi connectivity index (χ4n) is 2.22. The fraction of sp³-hybridized carbons (Fsp3) is 0.500. The average molecular weight is 312 g/mol. The maximum Gasteiger partial charge on any atom is 0.253 e. The highest BCUT2D eigenvalue weighted by molar-refractivity contribution is 9.09. The number of likely N-dealkylation sites (tertiary alicyclic amines) is 1. The lowest BCUT2D eigenvalue weighted by atomic mass is 9.98. The fourth-order valence-corrected chi connectivity index (χ4v) is 2.86. The minimum absolute atomic E-state index is 0.0262. The molecule has 1 amide bonds. The second-order valence-electron chi connectivity index (χ2n) is 4.89. The van der Waals surface area contributed by atoms with Crippen LogP contribution in [-0.2, 0) is 0 Å². The van der Waals surface area contributed by atoms with Crippen molar-refractivity contribution >= 4 is 21.8 Å². The molecular weight excluding hydrogens is 294 g/mol. The van der Waals surface area contributed by atoms with Crippen LogP contribution in [0.5, 0.6) is 5.75 Å². The molecule has 0 aliphatic carbocycles. The van der Waals surface area contributed by atoms with Crippen LogP contribution in [0, 0.1) is 12.8 Å². The zero-order valence-corrected chi connectivity index (χ0v) is 12.1. The van der Waals surface area contributed by atoms with Crippen LogP contribution in [0.1, 0.15) is 28.8 Å². The summed E-state index contributed by atoms with van der Waals surface area (Å²) in [6.07, 6.45) is 2.10. The summed E-state index contributed by atoms with van der Waals surface area (Å²) >= 11 is 3.49. The van der Waals surface area contributed by atoms with Crippen molar-refractivity contribution in [1.29, 1.82) is 0 Å². The monoisotopic (exact) mass is 311 g/mol. The molecule has 0 spiro atoms. The van der Waals surface area contributed by atoms with E-state index in [0.29, 0.717) is 11.5 Å². The Kier molecular flexibility index (Phi) is 4.27. The summed E-state index contributed by atoms with van der Waals surface area (Å²) in [6, 6.07) is 5.13. The molecule has 0 saturated carbocycles. The molecule has 4 heteroatoms. The average Bonchev–Trinajstić information content (AvgIpc) is 2.41. The van der Waals surface area contributed by atoms with Crippen LogP contribution in [0.25, 0.3) is 0 Å². The molecule has 1 saturated heterocycles. The Labute approximate surface area is 116 Å². The van der Waals surface area contributed by atoms with Gasteiger partial charge in [0.15, 0.2) is 0 Å². The molecule has 0 unspecified atom stereocenters. The number of aryl methyl sites for hydroxylation is 1. The van der Waals surface area contributed by atoms with E-state index in [0.717, 1.165) is 36.8 Å². The summed E-state index contributed by atoms with van der Waals surface area (Å²) in [5, 5.41) is 10.7. The minimum Gasteiger partial charge on any atom is -0.508 e. The maximum absolute atomic E-state index is 12.3. The number of carbonyl (C=O) groups excluding carboxylic acids is 1. The van der Waals surface area contributed by atoms with Crippen LogP contribution >= 0.6 is 15.9 Å². The molecule has 1 N–H and O–H groups in total. The molecule has 0 radical (unpaired) electrons. The highest BCUT2D eigenvalue weighted by Gasteiger charge is 2.23. The Morgan fingerprint density at radius 3 is 2.67 bits per heavy atom. The van der Waals surface area contributed by atoms with Gasteiger partial charge in [0.1, 0.15) is 5.75 Å². The predicted molar refractivity (Wildman–Crippen MR) is 75.3 cm³/mol. The molecule has 1 heterocycles. The summed E-state index contributed by atoms with van der Waals surface area (Å²) in [5.74, 6) is 0.898. The standard InChI is InChI=1S/C14H18BrNO2/c1-10-2-3-12(8-13(10)17)14(18)16-6-4-11(9-15)5-7-16/h2-3,8,11,17H,4-7,9H2,1H3. The molecule has 1 fully saturated rings. The van der Waals surface area contributed by atoms with E-state index in [1.165, 1.54) is 0 Å². The first kappa shape index (κ1) is 13.4. The summed E-state index contributed by atoms with van der Waals surface area (Å²) in [4.78, 5) is 14.1. The SMILES string of the molecule is Cc1ccc(C(=O)N2CCC(CBr)CC2)cc1O. The Morgan fingerprint density at radius 1 is 1.44 bits per heavy atom. The number of alkyl halides is 1. The number of rotatable bonds is 2. The number of phenolic OH excluding ortho intramolecular Hbond substituents is 1. The highest BCUT2D eigenvalue weighted by Crippen LogP contribution is 2.23. The topological polar surface area (TPSA) is 40.5 Å². The molecular formula is C14H18BrNO2. The smallest absolute Gasteiger partial charge is 0.253 e. The number of aromatic hydroxyl groups is 1. The van der Waals surface area contributed by atoms with Crippen LogP contribution < -0.4 is 0 Å². The number of halogens is 1. The van der Waals surface area contributed by atoms with Crippen molar-refractivity contribution in [2.45, 2.75) is 19.8 Å². The van der Waals surface area contributed by atoms with Crippen LogP contribution in [0.3, 0.4) is 0 Å². The van der Waals surface area contributed by atoms with Crippen molar-refractivity contribution in [2.24, 2.45) is 5.92 Å². The van der Waals surface area contributed by atoms with Crippen molar-refractivity contribution in [2.75, 3.05) is 18.4 Å². The largest absolute Gasteiger partial charge is 0.508 e. The molecule has 1 aromatic rings. The number of hydrogen-bond acceptors (Lipinski definition) is 2. The Bertz CT molecular complexity index is 439. The molecule has 0 atom stereocenters. The normalized spacial score (nSPS) is 16.9. The van der Waals surface area contributed by atoms with E-state index in [1.807, 2.05) is 11.8 Å². The van der Waals surface area contributed by atoms with Crippen molar-refractivity contribution < 1.29 is 9.90 Å². The molecule has 0 bridgehead atoms. The van der Waals surface area contributed by atoms with E-state index in [2.05, 4.69) is 15.9 Å². The van der Waals surface area contributed by atoms with Crippen molar-refractivity contribution in [3.63, 3.8) is 0 Å². The quantitative estimate of drug-likeness (QED) is 0.853. The van der Waals surface area contributed by atoms with Crippen LogP contribution in [-0.4, -0.2) is 34.3 Å². The third kappa shape index (κ3) is 2.86. The summed E-state index contributed by atoms with van der Waals surface area (Å²) in [5.41, 5.74) is 1.37.